The molecule has 0 saturated heterocycles. The van der Waals surface area contributed by atoms with Crippen LogP contribution in [0, 0.1) is 11.3 Å². The summed E-state index contributed by atoms with van der Waals surface area (Å²) in [6, 6.07) is 17.1. The summed E-state index contributed by atoms with van der Waals surface area (Å²) in [6.07, 6.45) is 0.465. The quantitative estimate of drug-likeness (QED) is 0.793. The molecule has 0 atom stereocenters. The van der Waals surface area contributed by atoms with Gasteiger partial charge in [0, 0.05) is 23.6 Å². The summed E-state index contributed by atoms with van der Waals surface area (Å²) in [5, 5.41) is 11.6. The first-order chi connectivity index (χ1) is 11.2. The Morgan fingerprint density at radius 3 is 2.48 bits per heavy atom. The van der Waals surface area contributed by atoms with Gasteiger partial charge in [-0.1, -0.05) is 12.1 Å². The number of carbonyl (C=O) groups is 1. The van der Waals surface area contributed by atoms with Crippen molar-refractivity contribution in [3.8, 4) is 11.8 Å². The summed E-state index contributed by atoms with van der Waals surface area (Å²) in [7, 11) is 1.64. The Labute approximate surface area is 140 Å². The second-order valence-electron chi connectivity index (χ2n) is 4.86. The van der Waals surface area contributed by atoms with E-state index in [1.807, 2.05) is 36.4 Å². The third-order valence-electron chi connectivity index (χ3n) is 3.23. The van der Waals surface area contributed by atoms with Gasteiger partial charge >= 0.3 is 0 Å². The fraction of sp³-hybridized carbons (Fsp3) is 0.222. The zero-order valence-electron chi connectivity index (χ0n) is 12.9. The predicted molar refractivity (Wildman–Crippen MR) is 91.3 cm³/mol. The van der Waals surface area contributed by atoms with Gasteiger partial charge < -0.3 is 10.1 Å². The van der Waals surface area contributed by atoms with Gasteiger partial charge in [0.05, 0.1) is 18.7 Å². The number of rotatable bonds is 7. The van der Waals surface area contributed by atoms with Gasteiger partial charge in [0.15, 0.2) is 0 Å². The van der Waals surface area contributed by atoms with Gasteiger partial charge in [-0.25, -0.2) is 0 Å². The molecule has 0 spiro atoms. The number of methoxy groups -OCH3 is 1. The summed E-state index contributed by atoms with van der Waals surface area (Å²) in [6.45, 7) is 0.484. The molecule has 23 heavy (non-hydrogen) atoms. The van der Waals surface area contributed by atoms with Crippen LogP contribution in [0.4, 0.5) is 0 Å². The van der Waals surface area contributed by atoms with Gasteiger partial charge in [0.2, 0.25) is 5.91 Å². The van der Waals surface area contributed by atoms with E-state index in [4.69, 9.17) is 10.00 Å². The number of benzene rings is 2. The summed E-state index contributed by atoms with van der Waals surface area (Å²) in [5.41, 5.74) is 1.61. The molecule has 118 valence electrons. The van der Waals surface area contributed by atoms with Crippen molar-refractivity contribution in [2.75, 3.05) is 12.9 Å². The molecule has 0 radical (unpaired) electrons. The van der Waals surface area contributed by atoms with Crippen LogP contribution in [0.3, 0.4) is 0 Å². The Morgan fingerprint density at radius 2 is 1.87 bits per heavy atom. The van der Waals surface area contributed by atoms with E-state index in [0.717, 1.165) is 22.0 Å². The minimum Gasteiger partial charge on any atom is -0.497 e. The Bertz CT molecular complexity index is 676. The number of carbonyl (C=O) groups excluding carboxylic acids is 1. The molecule has 0 aliphatic carbocycles. The maximum Gasteiger partial charge on any atom is 0.221 e. The number of hydrogen-bond acceptors (Lipinski definition) is 4. The third kappa shape index (κ3) is 5.68. The van der Waals surface area contributed by atoms with E-state index < -0.39 is 0 Å². The fourth-order valence-electron chi connectivity index (χ4n) is 1.92. The number of nitrogens with zero attached hydrogens (tertiary/aromatic N) is 1. The van der Waals surface area contributed by atoms with Gasteiger partial charge in [0.1, 0.15) is 5.75 Å². The molecule has 0 aliphatic rings. The first kappa shape index (κ1) is 16.9. The molecule has 0 bridgehead atoms. The number of hydrogen-bond donors (Lipinski definition) is 1. The van der Waals surface area contributed by atoms with E-state index in [1.165, 1.54) is 0 Å². The molecule has 2 aromatic carbocycles. The number of amides is 1. The predicted octanol–water partition coefficient (Wildman–Crippen LogP) is 3.37. The van der Waals surface area contributed by atoms with E-state index in [2.05, 4.69) is 11.4 Å². The molecule has 0 fully saturated rings. The van der Waals surface area contributed by atoms with Crippen molar-refractivity contribution >= 4 is 17.7 Å². The monoisotopic (exact) mass is 326 g/mol. The van der Waals surface area contributed by atoms with Crippen molar-refractivity contribution in [3.63, 3.8) is 0 Å². The van der Waals surface area contributed by atoms with Crippen molar-refractivity contribution in [2.24, 2.45) is 0 Å². The van der Waals surface area contributed by atoms with Crippen molar-refractivity contribution in [1.82, 2.24) is 5.32 Å². The van der Waals surface area contributed by atoms with Crippen LogP contribution in [0.15, 0.2) is 53.4 Å². The summed E-state index contributed by atoms with van der Waals surface area (Å²) in [4.78, 5) is 12.9. The van der Waals surface area contributed by atoms with Crippen LogP contribution >= 0.6 is 11.8 Å². The van der Waals surface area contributed by atoms with E-state index in [-0.39, 0.29) is 5.91 Å². The molecule has 0 aromatic heterocycles. The highest BCUT2D eigenvalue weighted by molar-refractivity contribution is 7.99. The van der Waals surface area contributed by atoms with Crippen LogP contribution < -0.4 is 10.1 Å². The molecule has 1 amide bonds. The summed E-state index contributed by atoms with van der Waals surface area (Å²) < 4.78 is 5.11. The topological polar surface area (TPSA) is 62.1 Å². The molecule has 2 rings (SSSR count). The Morgan fingerprint density at radius 1 is 1.17 bits per heavy atom. The van der Waals surface area contributed by atoms with Crippen molar-refractivity contribution in [3.05, 3.63) is 59.7 Å². The number of nitrogens with one attached hydrogen (secondary N) is 1. The van der Waals surface area contributed by atoms with E-state index in [1.54, 1.807) is 31.0 Å². The van der Waals surface area contributed by atoms with Crippen LogP contribution in [-0.4, -0.2) is 18.8 Å². The second kappa shape index (κ2) is 8.86. The molecule has 2 aromatic rings. The first-order valence-electron chi connectivity index (χ1n) is 7.24. The Kier molecular flexibility index (Phi) is 6.52. The molecule has 1 N–H and O–H groups in total. The molecule has 0 unspecified atom stereocenters. The lowest BCUT2D eigenvalue weighted by molar-refractivity contribution is -0.120. The van der Waals surface area contributed by atoms with Gasteiger partial charge in [-0.3, -0.25) is 4.79 Å². The van der Waals surface area contributed by atoms with Gasteiger partial charge in [-0.15, -0.1) is 11.8 Å². The molecule has 0 heterocycles. The molecule has 4 nitrogen and oxygen atoms in total. The lowest BCUT2D eigenvalue weighted by atomic mass is 10.1. The average Bonchev–Trinajstić information content (AvgIpc) is 2.61. The van der Waals surface area contributed by atoms with Gasteiger partial charge in [-0.2, -0.15) is 5.26 Å². The lowest BCUT2D eigenvalue weighted by Crippen LogP contribution is -2.22. The SMILES string of the molecule is COc1ccc(SCCC(=O)NCc2ccc(C#N)cc2)cc1. The highest BCUT2D eigenvalue weighted by Crippen LogP contribution is 2.21. The van der Waals surface area contributed by atoms with Gasteiger partial charge in [-0.05, 0) is 42.0 Å². The van der Waals surface area contributed by atoms with Crippen LogP contribution in [0.1, 0.15) is 17.5 Å². The van der Waals surface area contributed by atoms with Crippen molar-refractivity contribution in [1.29, 1.82) is 5.26 Å². The molecule has 0 aliphatic heterocycles. The smallest absolute Gasteiger partial charge is 0.221 e. The first-order valence-corrected chi connectivity index (χ1v) is 8.22. The highest BCUT2D eigenvalue weighted by Gasteiger charge is 2.03. The van der Waals surface area contributed by atoms with Crippen molar-refractivity contribution in [2.45, 2.75) is 17.9 Å². The Balaban J connectivity index is 1.69. The second-order valence-corrected chi connectivity index (χ2v) is 6.03. The Hall–Kier alpha value is -2.45. The molecular weight excluding hydrogens is 308 g/mol. The molecule has 5 heteroatoms. The van der Waals surface area contributed by atoms with Crippen LogP contribution in [0.25, 0.3) is 0 Å². The fourth-order valence-corrected chi connectivity index (χ4v) is 2.77. The average molecular weight is 326 g/mol. The molecular formula is C18H18N2O2S. The van der Waals surface area contributed by atoms with Gasteiger partial charge in [0.25, 0.3) is 0 Å². The van der Waals surface area contributed by atoms with Crippen LogP contribution in [0.2, 0.25) is 0 Å². The van der Waals surface area contributed by atoms with Crippen LogP contribution in [0.5, 0.6) is 5.75 Å². The van der Waals surface area contributed by atoms with E-state index >= 15 is 0 Å². The normalized spacial score (nSPS) is 9.91. The number of ether oxygens (including phenoxy) is 1. The summed E-state index contributed by atoms with van der Waals surface area (Å²) in [5.74, 6) is 1.58. The van der Waals surface area contributed by atoms with E-state index in [9.17, 15) is 4.79 Å². The maximum absolute atomic E-state index is 11.8. The van der Waals surface area contributed by atoms with E-state index in [0.29, 0.717) is 18.5 Å². The minimum absolute atomic E-state index is 0.0235. The summed E-state index contributed by atoms with van der Waals surface area (Å²) >= 11 is 1.64. The van der Waals surface area contributed by atoms with Crippen molar-refractivity contribution < 1.29 is 9.53 Å². The maximum atomic E-state index is 11.8. The zero-order valence-corrected chi connectivity index (χ0v) is 13.7. The van der Waals surface area contributed by atoms with Crippen LogP contribution in [-0.2, 0) is 11.3 Å². The highest BCUT2D eigenvalue weighted by atomic mass is 32.2. The molecule has 0 saturated carbocycles. The zero-order chi connectivity index (χ0) is 16.5. The largest absolute Gasteiger partial charge is 0.497 e. The number of thioether (sulfide) groups is 1. The number of nitriles is 1. The lowest BCUT2D eigenvalue weighted by Gasteiger charge is -2.06. The minimum atomic E-state index is 0.0235. The third-order valence-corrected chi connectivity index (χ3v) is 4.24. The standard InChI is InChI=1S/C18H18N2O2S/c1-22-16-6-8-17(9-7-16)23-11-10-18(21)20-13-15-4-2-14(12-19)3-5-15/h2-9H,10-11,13H2,1H3,(H,20,21).